The van der Waals surface area contributed by atoms with Gasteiger partial charge in [-0.3, -0.25) is 14.3 Å². The summed E-state index contributed by atoms with van der Waals surface area (Å²) in [4.78, 5) is 27.0. The van der Waals surface area contributed by atoms with Gasteiger partial charge in [-0.05, 0) is 36.4 Å². The van der Waals surface area contributed by atoms with Crippen LogP contribution in [-0.2, 0) is 22.6 Å². The monoisotopic (exact) mass is 434 g/mol. The number of amides is 1. The average molecular weight is 434 g/mol. The Hall–Kier alpha value is -3.36. The van der Waals surface area contributed by atoms with Crippen LogP contribution in [0.5, 0.6) is 0 Å². The van der Waals surface area contributed by atoms with Gasteiger partial charge in [0.05, 0.1) is 18.7 Å². The maximum absolute atomic E-state index is 12.5. The van der Waals surface area contributed by atoms with E-state index in [0.717, 1.165) is 56.0 Å². The minimum absolute atomic E-state index is 0.145. The number of aromatic nitrogens is 2. The molecule has 0 bridgehead atoms. The van der Waals surface area contributed by atoms with Crippen LogP contribution < -0.4 is 11.1 Å². The SMILES string of the molecule is O=C(CCn1c(=O)oc2ccccc21)Nc1ccc2c(ccn2CCN2CCOCC2)c1. The van der Waals surface area contributed by atoms with E-state index in [9.17, 15) is 9.59 Å². The van der Waals surface area contributed by atoms with Crippen molar-refractivity contribution in [2.24, 2.45) is 0 Å². The summed E-state index contributed by atoms with van der Waals surface area (Å²) < 4.78 is 14.4. The largest absolute Gasteiger partial charge is 0.419 e. The number of ether oxygens (including phenoxy) is 1. The first-order chi connectivity index (χ1) is 15.7. The highest BCUT2D eigenvalue weighted by Crippen LogP contribution is 2.21. The van der Waals surface area contributed by atoms with Crippen molar-refractivity contribution in [3.63, 3.8) is 0 Å². The zero-order valence-electron chi connectivity index (χ0n) is 17.8. The molecule has 5 rings (SSSR count). The van der Waals surface area contributed by atoms with Gasteiger partial charge in [-0.15, -0.1) is 0 Å². The molecule has 4 aromatic rings. The Morgan fingerprint density at radius 1 is 0.969 bits per heavy atom. The molecule has 2 aromatic carbocycles. The average Bonchev–Trinajstić information content (AvgIpc) is 3.36. The Bertz CT molecular complexity index is 1300. The number of anilines is 1. The van der Waals surface area contributed by atoms with Crippen molar-refractivity contribution < 1.29 is 13.9 Å². The molecule has 1 amide bonds. The zero-order chi connectivity index (χ0) is 21.9. The Labute approximate surface area is 185 Å². The quantitative estimate of drug-likeness (QED) is 0.484. The summed E-state index contributed by atoms with van der Waals surface area (Å²) in [6.45, 7) is 5.76. The lowest BCUT2D eigenvalue weighted by atomic mass is 10.2. The van der Waals surface area contributed by atoms with Gasteiger partial charge >= 0.3 is 5.76 Å². The molecule has 0 aliphatic carbocycles. The van der Waals surface area contributed by atoms with Crippen molar-refractivity contribution in [3.8, 4) is 0 Å². The van der Waals surface area contributed by atoms with Crippen molar-refractivity contribution in [1.29, 1.82) is 0 Å². The molecule has 166 valence electrons. The number of morpholine rings is 1. The number of oxazole rings is 1. The predicted octanol–water partition coefficient (Wildman–Crippen LogP) is 2.91. The third kappa shape index (κ3) is 4.32. The van der Waals surface area contributed by atoms with E-state index >= 15 is 0 Å². The zero-order valence-corrected chi connectivity index (χ0v) is 17.8. The molecule has 0 unspecified atom stereocenters. The number of rotatable bonds is 7. The number of nitrogens with zero attached hydrogens (tertiary/aromatic N) is 3. The predicted molar refractivity (Wildman–Crippen MR) is 123 cm³/mol. The first-order valence-electron chi connectivity index (χ1n) is 10.9. The summed E-state index contributed by atoms with van der Waals surface area (Å²) in [6.07, 6.45) is 2.27. The van der Waals surface area contributed by atoms with E-state index in [1.165, 1.54) is 4.57 Å². The maximum atomic E-state index is 12.5. The number of hydrogen-bond acceptors (Lipinski definition) is 5. The van der Waals surface area contributed by atoms with Crippen LogP contribution in [0.1, 0.15) is 6.42 Å². The van der Waals surface area contributed by atoms with Gasteiger partial charge in [0.15, 0.2) is 5.58 Å². The molecule has 1 saturated heterocycles. The second-order valence-electron chi connectivity index (χ2n) is 8.02. The second-order valence-corrected chi connectivity index (χ2v) is 8.02. The van der Waals surface area contributed by atoms with Gasteiger partial charge < -0.3 is 19.0 Å². The van der Waals surface area contributed by atoms with Crippen molar-refractivity contribution in [2.45, 2.75) is 19.5 Å². The number of carbonyl (C=O) groups is 1. The molecule has 2 aromatic heterocycles. The Morgan fingerprint density at radius 2 is 1.81 bits per heavy atom. The summed E-state index contributed by atoms with van der Waals surface area (Å²) in [5.41, 5.74) is 3.12. The van der Waals surface area contributed by atoms with Gasteiger partial charge in [-0.25, -0.2) is 4.79 Å². The summed E-state index contributed by atoms with van der Waals surface area (Å²) in [5.74, 6) is -0.591. The highest BCUT2D eigenvalue weighted by atomic mass is 16.5. The fraction of sp³-hybridized carbons (Fsp3) is 0.333. The molecule has 0 atom stereocenters. The molecular weight excluding hydrogens is 408 g/mol. The normalized spacial score (nSPS) is 14.9. The number of benzene rings is 2. The number of nitrogens with one attached hydrogen (secondary N) is 1. The fourth-order valence-electron chi connectivity index (χ4n) is 4.21. The van der Waals surface area contributed by atoms with Gasteiger partial charge in [0.1, 0.15) is 0 Å². The minimum Gasteiger partial charge on any atom is -0.408 e. The molecule has 32 heavy (non-hydrogen) atoms. The molecule has 8 heteroatoms. The lowest BCUT2D eigenvalue weighted by molar-refractivity contribution is -0.116. The van der Waals surface area contributed by atoms with Crippen molar-refractivity contribution in [2.75, 3.05) is 38.2 Å². The van der Waals surface area contributed by atoms with Crippen LogP contribution in [0.3, 0.4) is 0 Å². The van der Waals surface area contributed by atoms with Crippen LogP contribution in [-0.4, -0.2) is 52.8 Å². The Morgan fingerprint density at radius 3 is 2.69 bits per heavy atom. The van der Waals surface area contributed by atoms with Crippen LogP contribution in [0.15, 0.2) is 63.9 Å². The number of para-hydroxylation sites is 2. The lowest BCUT2D eigenvalue weighted by Gasteiger charge is -2.26. The van der Waals surface area contributed by atoms with Gasteiger partial charge in [0, 0.05) is 61.9 Å². The smallest absolute Gasteiger partial charge is 0.408 e. The van der Waals surface area contributed by atoms with Crippen molar-refractivity contribution in [1.82, 2.24) is 14.0 Å². The van der Waals surface area contributed by atoms with Crippen molar-refractivity contribution in [3.05, 3.63) is 65.3 Å². The number of fused-ring (bicyclic) bond motifs is 2. The van der Waals surface area contributed by atoms with Crippen LogP contribution in [0.4, 0.5) is 5.69 Å². The molecule has 1 N–H and O–H groups in total. The number of hydrogen-bond donors (Lipinski definition) is 1. The van der Waals surface area contributed by atoms with E-state index in [-0.39, 0.29) is 18.9 Å². The van der Waals surface area contributed by atoms with E-state index in [1.807, 2.05) is 36.4 Å². The van der Waals surface area contributed by atoms with Crippen molar-refractivity contribution >= 4 is 33.6 Å². The van der Waals surface area contributed by atoms with E-state index in [1.54, 1.807) is 6.07 Å². The van der Waals surface area contributed by atoms with Crippen LogP contribution in [0, 0.1) is 0 Å². The van der Waals surface area contributed by atoms with Gasteiger partial charge in [-0.1, -0.05) is 12.1 Å². The number of aryl methyl sites for hydroxylation is 1. The highest BCUT2D eigenvalue weighted by molar-refractivity contribution is 5.94. The topological polar surface area (TPSA) is 81.6 Å². The first kappa shape index (κ1) is 20.5. The maximum Gasteiger partial charge on any atom is 0.419 e. The lowest BCUT2D eigenvalue weighted by Crippen LogP contribution is -2.38. The fourth-order valence-corrected chi connectivity index (χ4v) is 4.21. The molecule has 0 saturated carbocycles. The van der Waals surface area contributed by atoms with E-state index in [2.05, 4.69) is 27.0 Å². The second kappa shape index (κ2) is 9.02. The van der Waals surface area contributed by atoms with Gasteiger partial charge in [-0.2, -0.15) is 0 Å². The molecule has 0 spiro atoms. The van der Waals surface area contributed by atoms with Crippen LogP contribution in [0.2, 0.25) is 0 Å². The molecule has 1 fully saturated rings. The molecule has 3 heterocycles. The highest BCUT2D eigenvalue weighted by Gasteiger charge is 2.12. The summed E-state index contributed by atoms with van der Waals surface area (Å²) in [6, 6.07) is 15.2. The van der Waals surface area contributed by atoms with Crippen LogP contribution in [0.25, 0.3) is 22.0 Å². The summed E-state index contributed by atoms with van der Waals surface area (Å²) in [5, 5.41) is 4.03. The molecule has 8 nitrogen and oxygen atoms in total. The van der Waals surface area contributed by atoms with E-state index < -0.39 is 5.76 Å². The Kier molecular flexibility index (Phi) is 5.79. The number of carbonyl (C=O) groups excluding carboxylic acids is 1. The first-order valence-corrected chi connectivity index (χ1v) is 10.9. The summed E-state index contributed by atoms with van der Waals surface area (Å²) >= 11 is 0. The van der Waals surface area contributed by atoms with E-state index in [0.29, 0.717) is 11.1 Å². The standard InChI is InChI=1S/C24H26N4O4/c29-23(8-10-28-21-3-1-2-4-22(21)32-24(28)30)25-19-5-6-20-18(17-19)7-9-27(20)12-11-26-13-15-31-16-14-26/h1-7,9,17H,8,10-16H2,(H,25,29). The minimum atomic E-state index is -0.446. The molecular formula is C24H26N4O4. The van der Waals surface area contributed by atoms with Gasteiger partial charge in [0.2, 0.25) is 5.91 Å². The molecule has 0 radical (unpaired) electrons. The third-order valence-corrected chi connectivity index (χ3v) is 5.95. The van der Waals surface area contributed by atoms with E-state index in [4.69, 9.17) is 9.15 Å². The molecule has 1 aliphatic heterocycles. The molecule has 1 aliphatic rings. The van der Waals surface area contributed by atoms with Crippen LogP contribution >= 0.6 is 0 Å². The van der Waals surface area contributed by atoms with Gasteiger partial charge in [0.25, 0.3) is 0 Å². The Balaban J connectivity index is 1.20. The third-order valence-electron chi connectivity index (χ3n) is 5.95. The summed E-state index contributed by atoms with van der Waals surface area (Å²) in [7, 11) is 0.